The molecule has 4 atom stereocenters. The molecule has 1 saturated carbocycles. The summed E-state index contributed by atoms with van der Waals surface area (Å²) in [7, 11) is 2.59. The molecule has 0 aromatic rings. The van der Waals surface area contributed by atoms with Gasteiger partial charge in [-0.15, -0.1) is 0 Å². The second-order valence-electron chi connectivity index (χ2n) is 7.60. The van der Waals surface area contributed by atoms with E-state index in [0.717, 1.165) is 32.1 Å². The fourth-order valence-corrected chi connectivity index (χ4v) is 3.74. The molecule has 0 heterocycles. The monoisotopic (exact) mass is 412 g/mol. The van der Waals surface area contributed by atoms with Crippen LogP contribution in [0.4, 0.5) is 0 Å². The maximum Gasteiger partial charge on any atom is 0.328 e. The molecular formula is C21H36N2O6. The number of amides is 2. The van der Waals surface area contributed by atoms with E-state index in [2.05, 4.69) is 10.6 Å². The van der Waals surface area contributed by atoms with Crippen molar-refractivity contribution >= 4 is 23.8 Å². The zero-order valence-corrected chi connectivity index (χ0v) is 18.1. The molecule has 0 bridgehead atoms. The summed E-state index contributed by atoms with van der Waals surface area (Å²) in [6, 6.07) is -1.41. The van der Waals surface area contributed by atoms with Crippen LogP contribution < -0.4 is 10.6 Å². The maximum atomic E-state index is 12.8. The molecule has 1 rings (SSSR count). The van der Waals surface area contributed by atoms with Gasteiger partial charge in [-0.05, 0) is 25.7 Å². The number of methoxy groups -OCH3 is 2. The standard InChI is InChI=1S/C21H36N2O6/c1-5-7-12-16(20(26)28-3)22-18(24)14-10-9-11-15(14)19(25)23-17(13-8-6-2)21(27)29-4/h14-17H,5-13H2,1-4H3,(H,22,24)(H,23,25)/t14-,15-,16+,17+/m1/s1. The fraction of sp³-hybridized carbons (Fsp3) is 0.810. The molecule has 0 spiro atoms. The largest absolute Gasteiger partial charge is 0.467 e. The first-order valence-electron chi connectivity index (χ1n) is 10.7. The van der Waals surface area contributed by atoms with Crippen LogP contribution in [0.3, 0.4) is 0 Å². The Bertz CT molecular complexity index is 517. The van der Waals surface area contributed by atoms with Gasteiger partial charge in [0.2, 0.25) is 11.8 Å². The third kappa shape index (κ3) is 7.66. The van der Waals surface area contributed by atoms with Gasteiger partial charge in [0, 0.05) is 11.8 Å². The Hall–Kier alpha value is -2.12. The average molecular weight is 413 g/mol. The summed E-state index contributed by atoms with van der Waals surface area (Å²) >= 11 is 0. The Balaban J connectivity index is 2.78. The number of carbonyl (C=O) groups is 4. The molecule has 166 valence electrons. The minimum atomic E-state index is -0.705. The summed E-state index contributed by atoms with van der Waals surface area (Å²) in [4.78, 5) is 49.6. The highest BCUT2D eigenvalue weighted by atomic mass is 16.5. The number of rotatable bonds is 12. The summed E-state index contributed by atoms with van der Waals surface area (Å²) in [5.74, 6) is -2.61. The van der Waals surface area contributed by atoms with Gasteiger partial charge in [-0.1, -0.05) is 46.0 Å². The molecule has 1 aliphatic rings. The summed E-state index contributed by atoms with van der Waals surface area (Å²) in [5.41, 5.74) is 0. The van der Waals surface area contributed by atoms with Crippen LogP contribution in [-0.2, 0) is 28.7 Å². The van der Waals surface area contributed by atoms with E-state index in [1.54, 1.807) is 0 Å². The molecule has 1 aliphatic carbocycles. The van der Waals surface area contributed by atoms with Crippen molar-refractivity contribution in [1.29, 1.82) is 0 Å². The summed E-state index contributed by atoms with van der Waals surface area (Å²) < 4.78 is 9.58. The van der Waals surface area contributed by atoms with Crippen LogP contribution in [0.25, 0.3) is 0 Å². The van der Waals surface area contributed by atoms with Gasteiger partial charge in [0.05, 0.1) is 14.2 Å². The zero-order chi connectivity index (χ0) is 21.8. The van der Waals surface area contributed by atoms with E-state index in [1.165, 1.54) is 14.2 Å². The van der Waals surface area contributed by atoms with Crippen molar-refractivity contribution in [2.24, 2.45) is 11.8 Å². The van der Waals surface area contributed by atoms with Crippen molar-refractivity contribution in [2.75, 3.05) is 14.2 Å². The van der Waals surface area contributed by atoms with Gasteiger partial charge in [-0.25, -0.2) is 9.59 Å². The highest BCUT2D eigenvalue weighted by Gasteiger charge is 2.40. The van der Waals surface area contributed by atoms with Crippen LogP contribution in [0.5, 0.6) is 0 Å². The van der Waals surface area contributed by atoms with E-state index in [4.69, 9.17) is 9.47 Å². The predicted octanol–water partition coefficient (Wildman–Crippen LogP) is 2.10. The minimum Gasteiger partial charge on any atom is -0.467 e. The van der Waals surface area contributed by atoms with Crippen molar-refractivity contribution < 1.29 is 28.7 Å². The Morgan fingerprint density at radius 3 is 1.48 bits per heavy atom. The Labute approximate surface area is 173 Å². The predicted molar refractivity (Wildman–Crippen MR) is 108 cm³/mol. The lowest BCUT2D eigenvalue weighted by atomic mass is 9.93. The van der Waals surface area contributed by atoms with Gasteiger partial charge in [0.25, 0.3) is 0 Å². The van der Waals surface area contributed by atoms with Crippen LogP contribution in [0.15, 0.2) is 0 Å². The van der Waals surface area contributed by atoms with E-state index < -0.39 is 35.9 Å². The highest BCUT2D eigenvalue weighted by Crippen LogP contribution is 2.32. The lowest BCUT2D eigenvalue weighted by Gasteiger charge is -2.24. The summed E-state index contributed by atoms with van der Waals surface area (Å²) in [5, 5.41) is 5.53. The zero-order valence-electron chi connectivity index (χ0n) is 18.1. The van der Waals surface area contributed by atoms with E-state index in [-0.39, 0.29) is 11.8 Å². The number of esters is 2. The van der Waals surface area contributed by atoms with Crippen LogP contribution in [0.2, 0.25) is 0 Å². The molecule has 0 aliphatic heterocycles. The first-order chi connectivity index (χ1) is 13.9. The van der Waals surface area contributed by atoms with Crippen molar-refractivity contribution in [1.82, 2.24) is 10.6 Å². The topological polar surface area (TPSA) is 111 Å². The normalized spacial score (nSPS) is 20.4. The van der Waals surface area contributed by atoms with Crippen LogP contribution in [0.1, 0.15) is 71.6 Å². The van der Waals surface area contributed by atoms with E-state index >= 15 is 0 Å². The molecular weight excluding hydrogens is 376 g/mol. The van der Waals surface area contributed by atoms with Gasteiger partial charge in [0.1, 0.15) is 12.1 Å². The molecule has 0 aromatic heterocycles. The maximum absolute atomic E-state index is 12.8. The van der Waals surface area contributed by atoms with Crippen molar-refractivity contribution in [3.8, 4) is 0 Å². The number of ether oxygens (including phenoxy) is 2. The Morgan fingerprint density at radius 2 is 1.17 bits per heavy atom. The minimum absolute atomic E-state index is 0.308. The van der Waals surface area contributed by atoms with E-state index in [1.807, 2.05) is 13.8 Å². The number of unbranched alkanes of at least 4 members (excludes halogenated alkanes) is 2. The molecule has 8 heteroatoms. The molecule has 2 N–H and O–H groups in total. The SMILES string of the molecule is CCCC[C@H](NC(=O)[C@@H]1CCC[C@H]1C(=O)N[C@@H](CCCC)C(=O)OC)C(=O)OC. The molecule has 29 heavy (non-hydrogen) atoms. The van der Waals surface area contributed by atoms with Gasteiger partial charge in [-0.2, -0.15) is 0 Å². The second kappa shape index (κ2) is 13.2. The quantitative estimate of drug-likeness (QED) is 0.475. The van der Waals surface area contributed by atoms with Crippen LogP contribution in [0, 0.1) is 11.8 Å². The van der Waals surface area contributed by atoms with Crippen molar-refractivity contribution in [2.45, 2.75) is 83.7 Å². The highest BCUT2D eigenvalue weighted by molar-refractivity contribution is 5.92. The summed E-state index contributed by atoms with van der Waals surface area (Å²) in [6.45, 7) is 4.01. The van der Waals surface area contributed by atoms with Gasteiger partial charge < -0.3 is 20.1 Å². The second-order valence-corrected chi connectivity index (χ2v) is 7.60. The van der Waals surface area contributed by atoms with Gasteiger partial charge in [-0.3, -0.25) is 9.59 Å². The molecule has 0 aromatic carbocycles. The first-order valence-corrected chi connectivity index (χ1v) is 10.7. The third-order valence-corrected chi connectivity index (χ3v) is 5.49. The molecule has 0 radical (unpaired) electrons. The van der Waals surface area contributed by atoms with Gasteiger partial charge >= 0.3 is 11.9 Å². The summed E-state index contributed by atoms with van der Waals surface area (Å²) in [6.07, 6.45) is 6.24. The molecule has 0 unspecified atom stereocenters. The molecule has 0 saturated heterocycles. The number of hydrogen-bond donors (Lipinski definition) is 2. The number of nitrogens with one attached hydrogen (secondary N) is 2. The van der Waals surface area contributed by atoms with Gasteiger partial charge in [0.15, 0.2) is 0 Å². The van der Waals surface area contributed by atoms with Crippen LogP contribution in [-0.4, -0.2) is 50.1 Å². The molecule has 1 fully saturated rings. The van der Waals surface area contributed by atoms with Crippen molar-refractivity contribution in [3.05, 3.63) is 0 Å². The lowest BCUT2D eigenvalue weighted by molar-refractivity contribution is -0.147. The van der Waals surface area contributed by atoms with E-state index in [0.29, 0.717) is 25.7 Å². The lowest BCUT2D eigenvalue weighted by Crippen LogP contribution is -2.49. The number of carbonyl (C=O) groups excluding carboxylic acids is 4. The average Bonchev–Trinajstić information content (AvgIpc) is 3.22. The Kier molecular flexibility index (Phi) is 11.3. The molecule has 2 amide bonds. The third-order valence-electron chi connectivity index (χ3n) is 5.49. The first kappa shape index (κ1) is 24.9. The van der Waals surface area contributed by atoms with Crippen LogP contribution >= 0.6 is 0 Å². The fourth-order valence-electron chi connectivity index (χ4n) is 3.74. The number of hydrogen-bond acceptors (Lipinski definition) is 6. The molecule has 8 nitrogen and oxygen atoms in total. The smallest absolute Gasteiger partial charge is 0.328 e. The van der Waals surface area contributed by atoms with E-state index in [9.17, 15) is 19.2 Å². The Morgan fingerprint density at radius 1 is 0.793 bits per heavy atom. The van der Waals surface area contributed by atoms with Crippen molar-refractivity contribution in [3.63, 3.8) is 0 Å².